The van der Waals surface area contributed by atoms with E-state index in [0.717, 1.165) is 12.8 Å². The molecule has 1 aromatic carbocycles. The Morgan fingerprint density at radius 1 is 0.952 bits per heavy atom. The molecule has 4 nitrogen and oxygen atoms in total. The van der Waals surface area contributed by atoms with Crippen LogP contribution in [0.5, 0.6) is 0 Å². The first kappa shape index (κ1) is 12.3. The van der Waals surface area contributed by atoms with E-state index in [1.807, 2.05) is 6.07 Å². The first-order chi connectivity index (χ1) is 10.2. The highest BCUT2D eigenvalue weighted by Crippen LogP contribution is 2.50. The van der Waals surface area contributed by atoms with Crippen LogP contribution < -0.4 is 4.90 Å². The first-order valence-electron chi connectivity index (χ1n) is 7.27. The van der Waals surface area contributed by atoms with Gasteiger partial charge < -0.3 is 0 Å². The summed E-state index contributed by atoms with van der Waals surface area (Å²) < 4.78 is 0. The zero-order valence-corrected chi connectivity index (χ0v) is 11.4. The van der Waals surface area contributed by atoms with Gasteiger partial charge in [0.2, 0.25) is 11.8 Å². The standard InChI is InChI=1S/C17H14N2O2/c18-9-10-1-7-13(8-2-10)19-16(20)14-11-3-4-12(6-5-11)15(14)17(19)21/h1-4,7-8,11-12,14-15H,5-6H2/t11-,12+,14-,15-/m0/s1. The number of carbonyl (C=O) groups excluding carboxylic acids is 2. The van der Waals surface area contributed by atoms with E-state index in [0.29, 0.717) is 11.3 Å². The van der Waals surface area contributed by atoms with Gasteiger partial charge in [0.05, 0.1) is 29.2 Å². The molecule has 1 aromatic rings. The van der Waals surface area contributed by atoms with Crippen LogP contribution >= 0.6 is 0 Å². The van der Waals surface area contributed by atoms with Crippen molar-refractivity contribution in [2.45, 2.75) is 12.8 Å². The molecule has 21 heavy (non-hydrogen) atoms. The molecule has 0 N–H and O–H groups in total. The molecule has 4 heteroatoms. The lowest BCUT2D eigenvalue weighted by Crippen LogP contribution is -2.38. The van der Waals surface area contributed by atoms with Gasteiger partial charge in [0.25, 0.3) is 0 Å². The largest absolute Gasteiger partial charge is 0.274 e. The molecule has 0 aromatic heterocycles. The van der Waals surface area contributed by atoms with Gasteiger partial charge >= 0.3 is 0 Å². The second-order valence-corrected chi connectivity index (χ2v) is 6.01. The lowest BCUT2D eigenvalue weighted by molar-refractivity contribution is -0.124. The maximum absolute atomic E-state index is 12.7. The second kappa shape index (κ2) is 4.29. The van der Waals surface area contributed by atoms with Crippen LogP contribution in [-0.4, -0.2) is 11.8 Å². The third-order valence-electron chi connectivity index (χ3n) is 5.01. The van der Waals surface area contributed by atoms with Crippen LogP contribution in [0.4, 0.5) is 5.69 Å². The van der Waals surface area contributed by atoms with Crippen LogP contribution in [0.15, 0.2) is 36.4 Å². The van der Waals surface area contributed by atoms with Gasteiger partial charge in [0.1, 0.15) is 0 Å². The molecule has 104 valence electrons. The Morgan fingerprint density at radius 2 is 1.48 bits per heavy atom. The highest BCUT2D eigenvalue weighted by Gasteiger charge is 2.56. The van der Waals surface area contributed by atoms with Crippen LogP contribution in [0, 0.1) is 35.0 Å². The number of allylic oxidation sites excluding steroid dienone is 2. The van der Waals surface area contributed by atoms with Gasteiger partial charge in [-0.1, -0.05) is 12.2 Å². The SMILES string of the molecule is N#Cc1ccc(N2C(=O)[C@@H]3[C@@H](C2=O)[C@H]2C=C[C@@H]3CC2)cc1. The third kappa shape index (κ3) is 1.61. The van der Waals surface area contributed by atoms with Gasteiger partial charge in [-0.3, -0.25) is 14.5 Å². The molecular weight excluding hydrogens is 264 g/mol. The number of nitriles is 1. The summed E-state index contributed by atoms with van der Waals surface area (Å²) in [5.41, 5.74) is 1.11. The molecule has 2 fully saturated rings. The van der Waals surface area contributed by atoms with Crippen molar-refractivity contribution in [2.75, 3.05) is 4.90 Å². The summed E-state index contributed by atoms with van der Waals surface area (Å²) in [7, 11) is 0. The van der Waals surface area contributed by atoms with E-state index in [2.05, 4.69) is 12.2 Å². The molecule has 2 bridgehead atoms. The molecule has 4 atom stereocenters. The van der Waals surface area contributed by atoms with Crippen molar-refractivity contribution < 1.29 is 9.59 Å². The van der Waals surface area contributed by atoms with Gasteiger partial charge in [0, 0.05) is 0 Å². The summed E-state index contributed by atoms with van der Waals surface area (Å²) in [4.78, 5) is 26.7. The monoisotopic (exact) mass is 278 g/mol. The van der Waals surface area contributed by atoms with Crippen LogP contribution in [-0.2, 0) is 9.59 Å². The van der Waals surface area contributed by atoms with E-state index < -0.39 is 0 Å². The topological polar surface area (TPSA) is 61.2 Å². The minimum absolute atomic E-state index is 0.0752. The summed E-state index contributed by atoms with van der Waals surface area (Å²) in [5, 5.41) is 8.84. The molecule has 0 radical (unpaired) electrons. The average Bonchev–Trinajstić information content (AvgIpc) is 2.82. The van der Waals surface area contributed by atoms with Crippen LogP contribution in [0.2, 0.25) is 0 Å². The molecule has 0 unspecified atom stereocenters. The Balaban J connectivity index is 1.73. The number of fused-ring (bicyclic) bond motifs is 1. The summed E-state index contributed by atoms with van der Waals surface area (Å²) in [6.45, 7) is 0. The van der Waals surface area contributed by atoms with Crippen molar-refractivity contribution >= 4 is 17.5 Å². The Hall–Kier alpha value is -2.41. The number of rotatable bonds is 1. The van der Waals surface area contributed by atoms with Crippen molar-refractivity contribution in [3.63, 3.8) is 0 Å². The summed E-state index contributed by atoms with van der Waals surface area (Å²) in [6, 6.07) is 8.69. The number of nitrogens with zero attached hydrogens (tertiary/aromatic N) is 2. The number of hydrogen-bond acceptors (Lipinski definition) is 3. The summed E-state index contributed by atoms with van der Waals surface area (Å²) >= 11 is 0. The molecule has 1 saturated heterocycles. The van der Waals surface area contributed by atoms with Gasteiger partial charge in [0.15, 0.2) is 0 Å². The average molecular weight is 278 g/mol. The fourth-order valence-corrected chi connectivity index (χ4v) is 4.01. The lowest BCUT2D eigenvalue weighted by atomic mass is 9.63. The van der Waals surface area contributed by atoms with Gasteiger partial charge in [-0.05, 0) is 48.9 Å². The molecule has 3 aliphatic carbocycles. The molecule has 5 rings (SSSR count). The molecule has 0 spiro atoms. The Labute approximate surface area is 122 Å². The minimum atomic E-state index is -0.183. The smallest absolute Gasteiger partial charge is 0.238 e. The maximum atomic E-state index is 12.7. The maximum Gasteiger partial charge on any atom is 0.238 e. The molecule has 2 amide bonds. The van der Waals surface area contributed by atoms with Crippen molar-refractivity contribution in [1.82, 2.24) is 0 Å². The fraction of sp³-hybridized carbons (Fsp3) is 0.353. The van der Waals surface area contributed by atoms with Crippen LogP contribution in [0.25, 0.3) is 0 Å². The number of amides is 2. The molecular formula is C17H14N2O2. The number of carbonyl (C=O) groups is 2. The van der Waals surface area contributed by atoms with E-state index in [9.17, 15) is 9.59 Å². The Bertz CT molecular complexity index is 666. The lowest BCUT2D eigenvalue weighted by Gasteiger charge is -2.38. The molecule has 1 saturated carbocycles. The normalized spacial score (nSPS) is 33.2. The van der Waals surface area contributed by atoms with E-state index >= 15 is 0 Å². The fourth-order valence-electron chi connectivity index (χ4n) is 4.01. The van der Waals surface area contributed by atoms with Crippen molar-refractivity contribution in [3.05, 3.63) is 42.0 Å². The molecule has 1 aliphatic heterocycles. The number of imide groups is 1. The molecule has 1 heterocycles. The number of anilines is 1. The Kier molecular flexibility index (Phi) is 2.52. The first-order valence-corrected chi connectivity index (χ1v) is 7.27. The summed E-state index contributed by atoms with van der Waals surface area (Å²) in [6.07, 6.45) is 6.23. The van der Waals surface area contributed by atoms with E-state index in [-0.39, 0.29) is 35.5 Å². The van der Waals surface area contributed by atoms with Gasteiger partial charge in [-0.15, -0.1) is 0 Å². The number of benzene rings is 1. The van der Waals surface area contributed by atoms with Crippen molar-refractivity contribution in [1.29, 1.82) is 5.26 Å². The quantitative estimate of drug-likeness (QED) is 0.584. The predicted molar refractivity (Wildman–Crippen MR) is 76.0 cm³/mol. The second-order valence-electron chi connectivity index (χ2n) is 6.01. The molecule has 4 aliphatic rings. The zero-order chi connectivity index (χ0) is 14.6. The highest BCUT2D eigenvalue weighted by atomic mass is 16.2. The predicted octanol–water partition coefficient (Wildman–Crippen LogP) is 2.26. The van der Waals surface area contributed by atoms with E-state index in [1.54, 1.807) is 24.3 Å². The van der Waals surface area contributed by atoms with Crippen LogP contribution in [0.3, 0.4) is 0 Å². The van der Waals surface area contributed by atoms with Gasteiger partial charge in [-0.2, -0.15) is 5.26 Å². The number of hydrogen-bond donors (Lipinski definition) is 0. The Morgan fingerprint density at radius 3 is 1.90 bits per heavy atom. The van der Waals surface area contributed by atoms with E-state index in [1.165, 1.54) is 4.90 Å². The minimum Gasteiger partial charge on any atom is -0.274 e. The van der Waals surface area contributed by atoms with E-state index in [4.69, 9.17) is 5.26 Å². The van der Waals surface area contributed by atoms with Crippen molar-refractivity contribution in [2.24, 2.45) is 23.7 Å². The highest BCUT2D eigenvalue weighted by molar-refractivity contribution is 6.22. The van der Waals surface area contributed by atoms with Gasteiger partial charge in [-0.25, -0.2) is 0 Å². The zero-order valence-electron chi connectivity index (χ0n) is 11.4. The van der Waals surface area contributed by atoms with Crippen molar-refractivity contribution in [3.8, 4) is 6.07 Å². The summed E-state index contributed by atoms with van der Waals surface area (Å²) in [5.74, 6) is -0.101. The van der Waals surface area contributed by atoms with Crippen LogP contribution in [0.1, 0.15) is 18.4 Å². The third-order valence-corrected chi connectivity index (χ3v) is 5.01.